The molecule has 3 amide bonds. The lowest BCUT2D eigenvalue weighted by Gasteiger charge is -2.44. The van der Waals surface area contributed by atoms with E-state index in [1.54, 1.807) is 0 Å². The van der Waals surface area contributed by atoms with Crippen LogP contribution in [0.1, 0.15) is 48.0 Å². The van der Waals surface area contributed by atoms with E-state index in [4.69, 9.17) is 32.0 Å². The number of nitrogen functional groups attached to an aromatic ring is 1. The molecule has 2 aliphatic heterocycles. The number of anilines is 2. The van der Waals surface area contributed by atoms with Gasteiger partial charge in [-0.15, -0.1) is 0 Å². The van der Waals surface area contributed by atoms with E-state index in [9.17, 15) is 27.6 Å². The van der Waals surface area contributed by atoms with E-state index in [0.29, 0.717) is 25.8 Å². The quantitative estimate of drug-likeness (QED) is 0.367. The number of ether oxygens (including phenoxy) is 1. The molecule has 1 aromatic heterocycles. The fourth-order valence-corrected chi connectivity index (χ4v) is 4.91. The Kier molecular flexibility index (Phi) is 8.92. The number of alkyl halides is 3. The number of imide groups is 1. The molecular weight excluding hydrogens is 590 g/mol. The highest BCUT2D eigenvalue weighted by Crippen LogP contribution is 2.46. The van der Waals surface area contributed by atoms with E-state index in [1.807, 2.05) is 0 Å². The first-order valence-electron chi connectivity index (χ1n) is 12.8. The summed E-state index contributed by atoms with van der Waals surface area (Å²) in [4.78, 5) is 53.4. The number of carbonyl (C=O) groups is 4. The fraction of sp³-hybridized carbons (Fsp3) is 0.423. The Labute approximate surface area is 241 Å². The van der Waals surface area contributed by atoms with Gasteiger partial charge in [-0.3, -0.25) is 9.59 Å². The van der Waals surface area contributed by atoms with Gasteiger partial charge in [-0.05, 0) is 56.0 Å². The molecule has 2 atom stereocenters. The fourth-order valence-electron chi connectivity index (χ4n) is 4.75. The molecule has 5 N–H and O–H groups in total. The maximum atomic E-state index is 15.4. The van der Waals surface area contributed by atoms with Crippen LogP contribution in [0.3, 0.4) is 0 Å². The second-order valence-electron chi connectivity index (χ2n) is 10.1. The zero-order chi connectivity index (χ0) is 30.8. The Morgan fingerprint density at radius 3 is 2.50 bits per heavy atom. The molecule has 5 rings (SSSR count). The summed E-state index contributed by atoms with van der Waals surface area (Å²) in [6, 6.07) is 4.72. The minimum absolute atomic E-state index is 0.0735. The predicted molar refractivity (Wildman–Crippen MR) is 140 cm³/mol. The van der Waals surface area contributed by atoms with Gasteiger partial charge in [-0.1, -0.05) is 24.4 Å². The van der Waals surface area contributed by atoms with Gasteiger partial charge in [-0.2, -0.15) is 13.2 Å². The minimum atomic E-state index is -5.08. The number of halogens is 5. The average Bonchev–Trinajstić information content (AvgIpc) is 3.75. The van der Waals surface area contributed by atoms with E-state index in [-0.39, 0.29) is 40.1 Å². The summed E-state index contributed by atoms with van der Waals surface area (Å²) in [7, 11) is 0. The largest absolute Gasteiger partial charge is 0.490 e. The topological polar surface area (TPSA) is 164 Å². The zero-order valence-electron chi connectivity index (χ0n) is 21.8. The molecule has 3 heterocycles. The van der Waals surface area contributed by atoms with E-state index >= 15 is 4.39 Å². The molecule has 1 saturated carbocycles. The minimum Gasteiger partial charge on any atom is -0.475 e. The first-order valence-corrected chi connectivity index (χ1v) is 13.2. The van der Waals surface area contributed by atoms with Crippen molar-refractivity contribution in [3.05, 3.63) is 52.4 Å². The number of benzene rings is 1. The number of carbonyl (C=O) groups excluding carboxylic acids is 3. The number of pyridine rings is 1. The number of hydrogen-bond donors (Lipinski definition) is 4. The number of aliphatic carboxylic acids is 1. The van der Waals surface area contributed by atoms with Crippen molar-refractivity contribution in [3.8, 4) is 0 Å². The first kappa shape index (κ1) is 31.0. The van der Waals surface area contributed by atoms with Crippen LogP contribution in [0.4, 0.5) is 33.9 Å². The van der Waals surface area contributed by atoms with Crippen LogP contribution < -0.4 is 21.3 Å². The number of fused-ring (bicyclic) bond motifs is 2. The van der Waals surface area contributed by atoms with Gasteiger partial charge in [0.25, 0.3) is 11.8 Å². The molecular formula is C26H26ClF4N5O6. The number of rotatable bonds is 5. The monoisotopic (exact) mass is 615 g/mol. The number of aromatic nitrogens is 1. The molecule has 42 heavy (non-hydrogen) atoms. The summed E-state index contributed by atoms with van der Waals surface area (Å²) in [6.45, 7) is 0.909. The molecule has 1 saturated heterocycles. The molecule has 11 nitrogen and oxygen atoms in total. The van der Waals surface area contributed by atoms with Gasteiger partial charge in [0, 0.05) is 12.7 Å². The average molecular weight is 616 g/mol. The smallest absolute Gasteiger partial charge is 0.475 e. The Bertz CT molecular complexity index is 1380. The normalized spacial score (nSPS) is 20.5. The van der Waals surface area contributed by atoms with Crippen molar-refractivity contribution in [3.63, 3.8) is 0 Å². The third kappa shape index (κ3) is 6.73. The maximum Gasteiger partial charge on any atom is 0.490 e. The number of piperidine rings is 1. The molecule has 1 spiro atoms. The molecule has 1 aliphatic carbocycles. The van der Waals surface area contributed by atoms with Crippen LogP contribution in [0.2, 0.25) is 5.02 Å². The van der Waals surface area contributed by atoms with E-state index in [0.717, 1.165) is 17.7 Å². The molecule has 2 fully saturated rings. The number of hydrogen-bond acceptors (Lipinski definition) is 8. The van der Waals surface area contributed by atoms with Crippen LogP contribution in [0.25, 0.3) is 0 Å². The molecule has 16 heteroatoms. The highest BCUT2D eigenvalue weighted by molar-refractivity contribution is 6.31. The summed E-state index contributed by atoms with van der Waals surface area (Å²) >= 11 is 6.09. The lowest BCUT2D eigenvalue weighted by Crippen LogP contribution is -2.58. The van der Waals surface area contributed by atoms with Gasteiger partial charge < -0.3 is 26.2 Å². The highest BCUT2D eigenvalue weighted by atomic mass is 35.5. The van der Waals surface area contributed by atoms with Crippen molar-refractivity contribution in [1.82, 2.24) is 15.6 Å². The van der Waals surface area contributed by atoms with Crippen molar-refractivity contribution in [1.29, 1.82) is 0 Å². The van der Waals surface area contributed by atoms with Crippen LogP contribution in [0.15, 0.2) is 30.5 Å². The predicted octanol–water partition coefficient (Wildman–Crippen LogP) is 3.75. The molecule has 3 aliphatic rings. The number of carboxylic acid groups (broad SMARTS) is 1. The van der Waals surface area contributed by atoms with Crippen molar-refractivity contribution >= 4 is 47.0 Å². The van der Waals surface area contributed by atoms with Crippen LogP contribution in [-0.2, 0) is 19.9 Å². The molecule has 0 bridgehead atoms. The summed E-state index contributed by atoms with van der Waals surface area (Å²) in [5.74, 6) is -4.21. The zero-order valence-corrected chi connectivity index (χ0v) is 22.6. The lowest BCUT2D eigenvalue weighted by molar-refractivity contribution is -0.192. The standard InChI is InChI=1S/C24H25ClFN5O4.C2HF3O2/c25-15-5-6-17-19(20(15)26)24(8-1-9-28-12-24)35-23(34)31(17)22(33)16(10-13-2-3-13)30-21(32)14-4-7-18(27)29-11-14;3-2(4,5)1(6)7/h4-7,11,13,16,28H,1-3,8-10,12H2,(H2,27,29)(H,30,32);(H,6,7)/t16-,24-;/m0./s1. The SMILES string of the molecule is Nc1ccc(C(=O)N[C@@H](CC2CC2)C(=O)N2C(=O)O[C@]3(CCCNC3)c3c2ccc(Cl)c3F)cn1.O=C(O)C(F)(F)F. The van der Waals surface area contributed by atoms with Crippen LogP contribution >= 0.6 is 11.6 Å². The van der Waals surface area contributed by atoms with Gasteiger partial charge in [-0.25, -0.2) is 23.9 Å². The molecule has 0 unspecified atom stereocenters. The van der Waals surface area contributed by atoms with Gasteiger partial charge in [0.2, 0.25) is 0 Å². The third-order valence-electron chi connectivity index (χ3n) is 6.96. The Hall–Kier alpha value is -3.98. The Morgan fingerprint density at radius 1 is 1.26 bits per heavy atom. The van der Waals surface area contributed by atoms with Crippen LogP contribution in [0, 0.1) is 11.7 Å². The van der Waals surface area contributed by atoms with E-state index in [2.05, 4.69) is 15.6 Å². The highest BCUT2D eigenvalue weighted by Gasteiger charge is 2.51. The van der Waals surface area contributed by atoms with Crippen LogP contribution in [-0.4, -0.2) is 59.3 Å². The van der Waals surface area contributed by atoms with Gasteiger partial charge in [0.1, 0.15) is 11.9 Å². The van der Waals surface area contributed by atoms with E-state index in [1.165, 1.54) is 30.5 Å². The third-order valence-corrected chi connectivity index (χ3v) is 7.25. The van der Waals surface area contributed by atoms with Crippen LogP contribution in [0.5, 0.6) is 0 Å². The number of nitrogens with zero attached hydrogens (tertiary/aromatic N) is 2. The van der Waals surface area contributed by atoms with Gasteiger partial charge in [0.15, 0.2) is 11.4 Å². The lowest BCUT2D eigenvalue weighted by atomic mass is 9.83. The summed E-state index contributed by atoms with van der Waals surface area (Å²) in [6.07, 6.45) is -1.45. The van der Waals surface area contributed by atoms with Gasteiger partial charge in [0.05, 0.1) is 21.8 Å². The van der Waals surface area contributed by atoms with Crippen molar-refractivity contribution in [2.45, 2.75) is 49.9 Å². The first-order chi connectivity index (χ1) is 19.7. The number of nitrogens with two attached hydrogens (primary N) is 1. The maximum absolute atomic E-state index is 15.4. The number of carboxylic acids is 1. The second-order valence-corrected chi connectivity index (χ2v) is 10.5. The van der Waals surface area contributed by atoms with Crippen molar-refractivity contribution in [2.24, 2.45) is 5.92 Å². The Morgan fingerprint density at radius 2 is 1.95 bits per heavy atom. The molecule has 0 radical (unpaired) electrons. The van der Waals surface area contributed by atoms with Gasteiger partial charge >= 0.3 is 18.2 Å². The number of nitrogens with one attached hydrogen (secondary N) is 2. The van der Waals surface area contributed by atoms with E-state index < -0.39 is 47.5 Å². The second kappa shape index (κ2) is 12.1. The summed E-state index contributed by atoms with van der Waals surface area (Å²) < 4.78 is 52.9. The van der Waals surface area contributed by atoms with Crippen molar-refractivity contribution < 1.29 is 46.6 Å². The molecule has 2 aromatic rings. The summed E-state index contributed by atoms with van der Waals surface area (Å²) in [5, 5.41) is 12.9. The molecule has 226 valence electrons. The van der Waals surface area contributed by atoms with Crippen molar-refractivity contribution in [2.75, 3.05) is 23.7 Å². The Balaban J connectivity index is 0.000000517. The molecule has 1 aromatic carbocycles. The summed E-state index contributed by atoms with van der Waals surface area (Å²) in [5.41, 5.74) is 4.71. The number of amides is 3.